The number of aliphatic hydroxyl groups is 2. The number of aliphatic hydroxyl groups excluding tert-OH is 2. The van der Waals surface area contributed by atoms with Gasteiger partial charge in [0.1, 0.15) is 0 Å². The molecule has 6 atom stereocenters. The van der Waals surface area contributed by atoms with E-state index >= 15 is 0 Å². The molecule has 0 heterocycles. The molecule has 114 valence electrons. The second-order valence-electron chi connectivity index (χ2n) is 8.04. The van der Waals surface area contributed by atoms with Crippen LogP contribution in [0.15, 0.2) is 35.6 Å². The topological polar surface area (TPSA) is 40.5 Å². The summed E-state index contributed by atoms with van der Waals surface area (Å²) in [5, 5.41) is 20.2. The van der Waals surface area contributed by atoms with E-state index in [0.29, 0.717) is 23.5 Å². The molecule has 4 rings (SSSR count). The summed E-state index contributed by atoms with van der Waals surface area (Å²) in [5.74, 6) is 2.56. The van der Waals surface area contributed by atoms with Gasteiger partial charge < -0.3 is 10.2 Å². The molecule has 2 nitrogen and oxygen atoms in total. The van der Waals surface area contributed by atoms with Crippen molar-refractivity contribution in [3.05, 3.63) is 35.6 Å². The van der Waals surface area contributed by atoms with Crippen LogP contribution in [0.4, 0.5) is 0 Å². The lowest BCUT2D eigenvalue weighted by atomic mass is 9.49. The molecule has 0 aliphatic heterocycles. The maximum atomic E-state index is 10.3. The smallest absolute Gasteiger partial charge is 0.0944 e. The van der Waals surface area contributed by atoms with Crippen LogP contribution in [0.2, 0.25) is 0 Å². The van der Waals surface area contributed by atoms with Gasteiger partial charge >= 0.3 is 0 Å². The lowest BCUT2D eigenvalue weighted by molar-refractivity contribution is -0.0106. The molecular formula is C19H26O2. The van der Waals surface area contributed by atoms with Gasteiger partial charge in [-0.15, -0.1) is 0 Å². The molecule has 4 aliphatic rings. The first-order valence-electron chi connectivity index (χ1n) is 8.42. The van der Waals surface area contributed by atoms with Crippen molar-refractivity contribution in [3.63, 3.8) is 0 Å². The molecular weight excluding hydrogens is 260 g/mol. The SMILES string of the molecule is C[C@]12C=CC(O)CC1=CC[C@@H]1[C@H]2CC[C@]2(C)C(O)=CC[C@@H]12. The minimum Gasteiger partial charge on any atom is -0.512 e. The molecule has 0 aromatic heterocycles. The molecule has 0 aromatic carbocycles. The Balaban J connectivity index is 1.71. The molecule has 1 saturated carbocycles. The summed E-state index contributed by atoms with van der Waals surface area (Å²) in [4.78, 5) is 0. The summed E-state index contributed by atoms with van der Waals surface area (Å²) in [6.45, 7) is 4.62. The zero-order valence-corrected chi connectivity index (χ0v) is 13.0. The standard InChI is InChI=1S/C19H26O2/c1-18-9-7-13(20)11-12(18)3-4-14-15-5-6-17(21)19(15,2)10-8-16(14)18/h3,6-7,9,13-16,20-21H,4-5,8,10-11H2,1-2H3/t13?,14-,15-,16+,18-,19-/m0/s1. The minimum absolute atomic E-state index is 0.0146. The summed E-state index contributed by atoms with van der Waals surface area (Å²) in [5.41, 5.74) is 1.58. The molecule has 4 aliphatic carbocycles. The maximum absolute atomic E-state index is 10.3. The summed E-state index contributed by atoms with van der Waals surface area (Å²) in [6, 6.07) is 0. The Morgan fingerprint density at radius 1 is 1.14 bits per heavy atom. The number of allylic oxidation sites excluding steroid dienone is 4. The van der Waals surface area contributed by atoms with Crippen molar-refractivity contribution >= 4 is 0 Å². The van der Waals surface area contributed by atoms with Gasteiger partial charge in [-0.2, -0.15) is 0 Å². The van der Waals surface area contributed by atoms with Crippen LogP contribution in [0, 0.1) is 28.6 Å². The van der Waals surface area contributed by atoms with Crippen LogP contribution in [0.3, 0.4) is 0 Å². The lowest BCUT2D eigenvalue weighted by Gasteiger charge is -2.55. The highest BCUT2D eigenvalue weighted by molar-refractivity contribution is 5.33. The van der Waals surface area contributed by atoms with Gasteiger partial charge in [0.05, 0.1) is 11.9 Å². The van der Waals surface area contributed by atoms with Gasteiger partial charge in [-0.1, -0.05) is 37.6 Å². The fourth-order valence-corrected chi connectivity index (χ4v) is 5.78. The second kappa shape index (κ2) is 4.25. The normalized spacial score (nSPS) is 51.6. The zero-order valence-electron chi connectivity index (χ0n) is 13.0. The number of rotatable bonds is 0. The number of fused-ring (bicyclic) bond motifs is 5. The summed E-state index contributed by atoms with van der Waals surface area (Å²) in [7, 11) is 0. The third-order valence-corrected chi connectivity index (χ3v) is 7.17. The Morgan fingerprint density at radius 2 is 1.95 bits per heavy atom. The van der Waals surface area contributed by atoms with E-state index in [1.54, 1.807) is 0 Å². The van der Waals surface area contributed by atoms with Crippen molar-refractivity contribution in [2.45, 2.75) is 52.1 Å². The van der Waals surface area contributed by atoms with E-state index in [4.69, 9.17) is 0 Å². The van der Waals surface area contributed by atoms with Crippen molar-refractivity contribution in [1.29, 1.82) is 0 Å². The Bertz CT molecular complexity index is 558. The van der Waals surface area contributed by atoms with Crippen LogP contribution in [-0.2, 0) is 0 Å². The zero-order chi connectivity index (χ0) is 14.8. The molecule has 0 bridgehead atoms. The molecule has 1 fully saturated rings. The van der Waals surface area contributed by atoms with Crippen LogP contribution < -0.4 is 0 Å². The molecule has 0 spiro atoms. The van der Waals surface area contributed by atoms with E-state index in [1.165, 1.54) is 12.0 Å². The van der Waals surface area contributed by atoms with Gasteiger partial charge in [0.25, 0.3) is 0 Å². The molecule has 0 radical (unpaired) electrons. The van der Waals surface area contributed by atoms with Gasteiger partial charge in [-0.3, -0.25) is 0 Å². The Hall–Kier alpha value is -1.02. The van der Waals surface area contributed by atoms with E-state index in [9.17, 15) is 10.2 Å². The maximum Gasteiger partial charge on any atom is 0.0944 e. The average molecular weight is 286 g/mol. The fourth-order valence-electron chi connectivity index (χ4n) is 5.78. The summed E-state index contributed by atoms with van der Waals surface area (Å²) >= 11 is 0. The third kappa shape index (κ3) is 1.69. The highest BCUT2D eigenvalue weighted by atomic mass is 16.3. The highest BCUT2D eigenvalue weighted by Gasteiger charge is 2.56. The number of hydrogen-bond acceptors (Lipinski definition) is 2. The van der Waals surface area contributed by atoms with E-state index in [-0.39, 0.29) is 16.9 Å². The molecule has 21 heavy (non-hydrogen) atoms. The van der Waals surface area contributed by atoms with Crippen molar-refractivity contribution in [2.24, 2.45) is 28.6 Å². The first-order chi connectivity index (χ1) is 9.95. The fraction of sp³-hybridized carbons (Fsp3) is 0.684. The van der Waals surface area contributed by atoms with Crippen LogP contribution in [-0.4, -0.2) is 16.3 Å². The van der Waals surface area contributed by atoms with Gasteiger partial charge in [0.15, 0.2) is 0 Å². The Labute approximate surface area is 127 Å². The minimum atomic E-state index is -0.299. The second-order valence-corrected chi connectivity index (χ2v) is 8.04. The molecule has 2 heteroatoms. The third-order valence-electron chi connectivity index (χ3n) is 7.17. The first kappa shape index (κ1) is 13.6. The van der Waals surface area contributed by atoms with E-state index in [1.807, 2.05) is 6.08 Å². The summed E-state index contributed by atoms with van der Waals surface area (Å²) in [6.07, 6.45) is 13.7. The Kier molecular flexibility index (Phi) is 2.76. The number of hydrogen-bond donors (Lipinski definition) is 2. The van der Waals surface area contributed by atoms with E-state index in [0.717, 1.165) is 25.7 Å². The van der Waals surface area contributed by atoms with Gasteiger partial charge in [0, 0.05) is 10.8 Å². The van der Waals surface area contributed by atoms with Crippen molar-refractivity contribution in [1.82, 2.24) is 0 Å². The van der Waals surface area contributed by atoms with Gasteiger partial charge in [-0.25, -0.2) is 0 Å². The van der Waals surface area contributed by atoms with E-state index in [2.05, 4.69) is 32.1 Å². The first-order valence-corrected chi connectivity index (χ1v) is 8.42. The van der Waals surface area contributed by atoms with Crippen LogP contribution in [0.1, 0.15) is 46.0 Å². The molecule has 0 aromatic rings. The summed E-state index contributed by atoms with van der Waals surface area (Å²) < 4.78 is 0. The van der Waals surface area contributed by atoms with Crippen LogP contribution in [0.25, 0.3) is 0 Å². The highest BCUT2D eigenvalue weighted by Crippen LogP contribution is 2.63. The molecule has 1 unspecified atom stereocenters. The predicted molar refractivity (Wildman–Crippen MR) is 83.7 cm³/mol. The average Bonchev–Trinajstić information content (AvgIpc) is 2.76. The van der Waals surface area contributed by atoms with Crippen LogP contribution in [0.5, 0.6) is 0 Å². The van der Waals surface area contributed by atoms with Gasteiger partial charge in [-0.05, 0) is 55.9 Å². The lowest BCUT2D eigenvalue weighted by Crippen LogP contribution is -2.48. The van der Waals surface area contributed by atoms with Gasteiger partial charge in [0.2, 0.25) is 0 Å². The largest absolute Gasteiger partial charge is 0.512 e. The monoisotopic (exact) mass is 286 g/mol. The quantitative estimate of drug-likeness (QED) is 0.657. The van der Waals surface area contributed by atoms with E-state index < -0.39 is 0 Å². The van der Waals surface area contributed by atoms with Crippen LogP contribution >= 0.6 is 0 Å². The van der Waals surface area contributed by atoms with Crippen molar-refractivity contribution in [2.75, 3.05) is 0 Å². The molecule has 0 saturated heterocycles. The predicted octanol–water partition coefficient (Wildman–Crippen LogP) is 4.14. The molecule has 0 amide bonds. The Morgan fingerprint density at radius 3 is 2.76 bits per heavy atom. The van der Waals surface area contributed by atoms with Crippen molar-refractivity contribution in [3.8, 4) is 0 Å². The molecule has 2 N–H and O–H groups in total. The van der Waals surface area contributed by atoms with Crippen molar-refractivity contribution < 1.29 is 10.2 Å².